The summed E-state index contributed by atoms with van der Waals surface area (Å²) in [6.45, 7) is 1.97. The topological polar surface area (TPSA) is 102 Å². The van der Waals surface area contributed by atoms with E-state index in [1.807, 2.05) is 43.3 Å². The number of amides is 1. The quantitative estimate of drug-likeness (QED) is 0.531. The number of hydrogen-bond donors (Lipinski definition) is 4. The lowest BCUT2D eigenvalue weighted by atomic mass is 10.0. The number of nitrogens with zero attached hydrogens (tertiary/aromatic N) is 2. The number of pyridine rings is 2. The zero-order valence-electron chi connectivity index (χ0n) is 16.9. The van der Waals surface area contributed by atoms with Gasteiger partial charge in [0.2, 0.25) is 5.91 Å². The summed E-state index contributed by atoms with van der Waals surface area (Å²) in [7, 11) is 3.66. The highest BCUT2D eigenvalue weighted by Crippen LogP contribution is 2.22. The first-order valence-electron chi connectivity index (χ1n) is 9.84. The lowest BCUT2D eigenvalue weighted by Gasteiger charge is -2.33. The van der Waals surface area contributed by atoms with E-state index in [0.717, 1.165) is 36.3 Å². The van der Waals surface area contributed by atoms with Gasteiger partial charge in [-0.25, -0.2) is 4.98 Å². The molecule has 0 bridgehead atoms. The molecular formula is C21H28N6O2. The minimum atomic E-state index is -0.172. The average Bonchev–Trinajstić information content (AvgIpc) is 2.75. The van der Waals surface area contributed by atoms with E-state index in [2.05, 4.69) is 25.9 Å². The van der Waals surface area contributed by atoms with E-state index in [-0.39, 0.29) is 17.5 Å². The van der Waals surface area contributed by atoms with Gasteiger partial charge in [-0.05, 0) is 43.7 Å². The van der Waals surface area contributed by atoms with Crippen LogP contribution in [0.1, 0.15) is 12.8 Å². The van der Waals surface area contributed by atoms with Crippen LogP contribution in [0.5, 0.6) is 0 Å². The van der Waals surface area contributed by atoms with E-state index < -0.39 is 0 Å². The second-order valence-electron chi connectivity index (χ2n) is 7.04. The molecule has 0 aliphatic carbocycles. The fraction of sp³-hybridized carbons (Fsp3) is 0.381. The van der Waals surface area contributed by atoms with E-state index in [0.29, 0.717) is 18.8 Å². The molecule has 1 aliphatic heterocycles. The van der Waals surface area contributed by atoms with Crippen LogP contribution in [0, 0.1) is 0 Å². The molecule has 1 amide bonds. The highest BCUT2D eigenvalue weighted by molar-refractivity contribution is 5.87. The zero-order valence-corrected chi connectivity index (χ0v) is 16.9. The first-order valence-corrected chi connectivity index (χ1v) is 9.84. The van der Waals surface area contributed by atoms with Gasteiger partial charge in [-0.15, -0.1) is 0 Å². The number of nitrogens with one attached hydrogen (secondary N) is 4. The van der Waals surface area contributed by atoms with Crippen LogP contribution < -0.4 is 21.5 Å². The van der Waals surface area contributed by atoms with Gasteiger partial charge in [0.15, 0.2) is 0 Å². The summed E-state index contributed by atoms with van der Waals surface area (Å²) in [5, 5.41) is 9.34. The fourth-order valence-corrected chi connectivity index (χ4v) is 3.40. The number of rotatable bonds is 7. The highest BCUT2D eigenvalue weighted by Gasteiger charge is 2.23. The predicted octanol–water partition coefficient (Wildman–Crippen LogP) is 1.66. The third kappa shape index (κ3) is 5.45. The van der Waals surface area contributed by atoms with Crippen molar-refractivity contribution in [3.05, 3.63) is 53.1 Å². The first kappa shape index (κ1) is 20.6. The molecule has 2 aromatic rings. The molecule has 1 atom stereocenters. The normalized spacial score (nSPS) is 16.8. The van der Waals surface area contributed by atoms with Crippen molar-refractivity contribution >= 4 is 17.4 Å². The standard InChI is InChI=1S/C21H28N6O2/c1-22-8-3-6-20(28)27-10-4-5-17(14-27)26-18-11-16(13-25-21(18)29)15-7-9-24-19(12-15)23-2/h3,6-7,9,11-13,17,22,26H,4-5,8,10,14H2,1-2H3,(H,23,24)(H,25,29)/b6-3+. The van der Waals surface area contributed by atoms with Gasteiger partial charge in [0.05, 0.1) is 0 Å². The maximum Gasteiger partial charge on any atom is 0.271 e. The zero-order chi connectivity index (χ0) is 20.6. The molecule has 154 valence electrons. The minimum absolute atomic E-state index is 0.00536. The van der Waals surface area contributed by atoms with Crippen molar-refractivity contribution in [1.82, 2.24) is 20.2 Å². The van der Waals surface area contributed by atoms with Crippen molar-refractivity contribution in [1.29, 1.82) is 0 Å². The Morgan fingerprint density at radius 3 is 3.00 bits per heavy atom. The average molecular weight is 396 g/mol. The summed E-state index contributed by atoms with van der Waals surface area (Å²) >= 11 is 0. The van der Waals surface area contributed by atoms with Crippen molar-refractivity contribution in [2.45, 2.75) is 18.9 Å². The molecule has 1 saturated heterocycles. The lowest BCUT2D eigenvalue weighted by Crippen LogP contribution is -2.45. The number of aromatic amines is 1. The van der Waals surface area contributed by atoms with E-state index in [1.165, 1.54) is 0 Å². The molecule has 4 N–H and O–H groups in total. The predicted molar refractivity (Wildman–Crippen MR) is 116 cm³/mol. The highest BCUT2D eigenvalue weighted by atomic mass is 16.2. The molecule has 1 unspecified atom stereocenters. The van der Waals surface area contributed by atoms with Gasteiger partial charge in [-0.3, -0.25) is 9.59 Å². The molecule has 0 radical (unpaired) electrons. The van der Waals surface area contributed by atoms with Crippen molar-refractivity contribution in [2.75, 3.05) is 44.4 Å². The Hall–Kier alpha value is -3.13. The molecule has 3 heterocycles. The van der Waals surface area contributed by atoms with Crippen LogP contribution in [0.15, 0.2) is 47.5 Å². The van der Waals surface area contributed by atoms with E-state index in [1.54, 1.807) is 18.5 Å². The first-order chi connectivity index (χ1) is 14.1. The maximum absolute atomic E-state index is 12.3. The van der Waals surface area contributed by atoms with Gasteiger partial charge in [0, 0.05) is 56.8 Å². The summed E-state index contributed by atoms with van der Waals surface area (Å²) < 4.78 is 0. The number of carbonyl (C=O) groups excluding carboxylic acids is 1. The van der Waals surface area contributed by atoms with Gasteiger partial charge in [0.25, 0.3) is 5.56 Å². The van der Waals surface area contributed by atoms with Gasteiger partial charge >= 0.3 is 0 Å². The van der Waals surface area contributed by atoms with Crippen LogP contribution >= 0.6 is 0 Å². The summed E-state index contributed by atoms with van der Waals surface area (Å²) in [6, 6.07) is 5.71. The molecule has 1 aliphatic rings. The van der Waals surface area contributed by atoms with Gasteiger partial charge < -0.3 is 25.8 Å². The van der Waals surface area contributed by atoms with Crippen LogP contribution in [0.4, 0.5) is 11.5 Å². The number of carbonyl (C=O) groups is 1. The van der Waals surface area contributed by atoms with Gasteiger partial charge in [-0.2, -0.15) is 0 Å². The molecular weight excluding hydrogens is 368 g/mol. The van der Waals surface area contributed by atoms with E-state index in [4.69, 9.17) is 0 Å². The third-order valence-corrected chi connectivity index (χ3v) is 4.93. The van der Waals surface area contributed by atoms with Crippen molar-refractivity contribution in [2.24, 2.45) is 0 Å². The van der Waals surface area contributed by atoms with Crippen LogP contribution in [-0.2, 0) is 4.79 Å². The Balaban J connectivity index is 1.72. The largest absolute Gasteiger partial charge is 0.376 e. The molecule has 0 aromatic carbocycles. The molecule has 0 spiro atoms. The molecule has 2 aromatic heterocycles. The number of H-pyrrole nitrogens is 1. The number of hydrogen-bond acceptors (Lipinski definition) is 6. The maximum atomic E-state index is 12.3. The van der Waals surface area contributed by atoms with Gasteiger partial charge in [0.1, 0.15) is 11.5 Å². The number of anilines is 2. The molecule has 29 heavy (non-hydrogen) atoms. The number of piperidine rings is 1. The Bertz CT molecular complexity index is 923. The lowest BCUT2D eigenvalue weighted by molar-refractivity contribution is -0.127. The summed E-state index contributed by atoms with van der Waals surface area (Å²) in [6.07, 6.45) is 8.66. The summed E-state index contributed by atoms with van der Waals surface area (Å²) in [5.74, 6) is 0.766. The number of aromatic nitrogens is 2. The summed E-state index contributed by atoms with van der Waals surface area (Å²) in [4.78, 5) is 33.5. The Morgan fingerprint density at radius 2 is 2.21 bits per heavy atom. The third-order valence-electron chi connectivity index (χ3n) is 4.93. The molecule has 1 fully saturated rings. The molecule has 3 rings (SSSR count). The second kappa shape index (κ2) is 9.88. The van der Waals surface area contributed by atoms with Gasteiger partial charge in [-0.1, -0.05) is 6.08 Å². The van der Waals surface area contributed by atoms with Crippen LogP contribution in [0.2, 0.25) is 0 Å². The summed E-state index contributed by atoms with van der Waals surface area (Å²) in [5.41, 5.74) is 2.19. The molecule has 8 heteroatoms. The van der Waals surface area contributed by atoms with E-state index >= 15 is 0 Å². The minimum Gasteiger partial charge on any atom is -0.376 e. The van der Waals surface area contributed by atoms with Crippen LogP contribution in [0.25, 0.3) is 11.1 Å². The van der Waals surface area contributed by atoms with Crippen molar-refractivity contribution in [3.8, 4) is 11.1 Å². The Morgan fingerprint density at radius 1 is 1.34 bits per heavy atom. The smallest absolute Gasteiger partial charge is 0.271 e. The van der Waals surface area contributed by atoms with Crippen molar-refractivity contribution < 1.29 is 4.79 Å². The van der Waals surface area contributed by atoms with Crippen molar-refractivity contribution in [3.63, 3.8) is 0 Å². The molecule has 8 nitrogen and oxygen atoms in total. The van der Waals surface area contributed by atoms with Crippen LogP contribution in [0.3, 0.4) is 0 Å². The fourth-order valence-electron chi connectivity index (χ4n) is 3.40. The van der Waals surface area contributed by atoms with E-state index in [9.17, 15) is 9.59 Å². The Kier molecular flexibility index (Phi) is 7.02. The van der Waals surface area contributed by atoms with Crippen LogP contribution in [-0.4, -0.2) is 60.5 Å². The monoisotopic (exact) mass is 396 g/mol. The second-order valence-corrected chi connectivity index (χ2v) is 7.04. The Labute approximate surface area is 170 Å². The molecule has 0 saturated carbocycles. The number of likely N-dealkylation sites (tertiary alicyclic amines) is 1. The SMILES string of the molecule is CNC/C=C/C(=O)N1CCCC(Nc2cc(-c3ccnc(NC)c3)c[nH]c2=O)C1. The number of likely N-dealkylation sites (N-methyl/N-ethyl adjacent to an activating group) is 1.